The van der Waals surface area contributed by atoms with Crippen LogP contribution in [0.3, 0.4) is 0 Å². The van der Waals surface area contributed by atoms with Crippen molar-refractivity contribution in [2.75, 3.05) is 6.54 Å². The predicted molar refractivity (Wildman–Crippen MR) is 69.6 cm³/mol. The second kappa shape index (κ2) is 5.84. The van der Waals surface area contributed by atoms with Gasteiger partial charge in [-0.3, -0.25) is 0 Å². The van der Waals surface area contributed by atoms with Crippen molar-refractivity contribution < 1.29 is 0 Å². The molecule has 1 N–H and O–H groups in total. The fraction of sp³-hybridized carbons (Fsp3) is 0.533. The van der Waals surface area contributed by atoms with Crippen LogP contribution in [0.4, 0.5) is 0 Å². The summed E-state index contributed by atoms with van der Waals surface area (Å²) in [5, 5.41) is 12.7. The minimum absolute atomic E-state index is 0.0147. The summed E-state index contributed by atoms with van der Waals surface area (Å²) in [4.78, 5) is 0. The quantitative estimate of drug-likeness (QED) is 0.812. The van der Waals surface area contributed by atoms with E-state index >= 15 is 0 Å². The fourth-order valence-corrected chi connectivity index (χ4v) is 2.38. The van der Waals surface area contributed by atoms with E-state index in [1.165, 1.54) is 19.3 Å². The van der Waals surface area contributed by atoms with Crippen molar-refractivity contribution in [2.45, 2.75) is 38.1 Å². The molecule has 3 unspecified atom stereocenters. The molecule has 0 saturated heterocycles. The molecule has 0 spiro atoms. The Bertz CT molecular complexity index is 380. The largest absolute Gasteiger partial charge is 0.312 e. The number of nitrogens with one attached hydrogen (secondary N) is 1. The second-order valence-electron chi connectivity index (χ2n) is 4.89. The van der Waals surface area contributed by atoms with Gasteiger partial charge in [0.15, 0.2) is 0 Å². The minimum Gasteiger partial charge on any atom is -0.312 e. The maximum absolute atomic E-state index is 9.19. The molecule has 1 fully saturated rings. The topological polar surface area (TPSA) is 35.8 Å². The SMILES string of the molecule is CCCC1CC1NCC(C#N)c1ccccc1. The average molecular weight is 228 g/mol. The van der Waals surface area contributed by atoms with Crippen LogP contribution < -0.4 is 5.32 Å². The molecule has 0 aliphatic heterocycles. The molecular formula is C15H20N2. The lowest BCUT2D eigenvalue weighted by atomic mass is 10.0. The van der Waals surface area contributed by atoms with E-state index in [0.717, 1.165) is 18.0 Å². The molecule has 0 radical (unpaired) electrons. The Hall–Kier alpha value is -1.33. The van der Waals surface area contributed by atoms with Gasteiger partial charge in [0, 0.05) is 12.6 Å². The average Bonchev–Trinajstić information content (AvgIpc) is 3.10. The Morgan fingerprint density at radius 3 is 2.82 bits per heavy atom. The smallest absolute Gasteiger partial charge is 0.0837 e. The van der Waals surface area contributed by atoms with Crippen LogP contribution >= 0.6 is 0 Å². The standard InChI is InChI=1S/C15H20N2/c1-2-6-13-9-15(13)17-11-14(10-16)12-7-4-3-5-8-12/h3-5,7-8,13-15,17H,2,6,9,11H2,1H3. The van der Waals surface area contributed by atoms with Crippen molar-refractivity contribution in [3.8, 4) is 6.07 Å². The predicted octanol–water partition coefficient (Wildman–Crippen LogP) is 3.07. The van der Waals surface area contributed by atoms with Crippen molar-refractivity contribution in [1.29, 1.82) is 5.26 Å². The molecule has 3 atom stereocenters. The molecule has 2 heteroatoms. The Morgan fingerprint density at radius 2 is 2.18 bits per heavy atom. The normalized spacial score (nSPS) is 24.0. The molecule has 90 valence electrons. The van der Waals surface area contributed by atoms with E-state index in [4.69, 9.17) is 0 Å². The van der Waals surface area contributed by atoms with Gasteiger partial charge in [-0.05, 0) is 24.3 Å². The lowest BCUT2D eigenvalue weighted by Gasteiger charge is -2.10. The van der Waals surface area contributed by atoms with Crippen LogP contribution in [0, 0.1) is 17.2 Å². The van der Waals surface area contributed by atoms with Gasteiger partial charge < -0.3 is 5.32 Å². The maximum atomic E-state index is 9.19. The third-order valence-corrected chi connectivity index (χ3v) is 3.52. The number of benzene rings is 1. The Labute approximate surface area is 104 Å². The molecule has 17 heavy (non-hydrogen) atoms. The third kappa shape index (κ3) is 3.31. The zero-order valence-electron chi connectivity index (χ0n) is 10.4. The van der Waals surface area contributed by atoms with E-state index < -0.39 is 0 Å². The summed E-state index contributed by atoms with van der Waals surface area (Å²) in [5.41, 5.74) is 1.12. The molecule has 1 aromatic carbocycles. The number of rotatable bonds is 6. The van der Waals surface area contributed by atoms with Gasteiger partial charge in [0.1, 0.15) is 0 Å². The highest BCUT2D eigenvalue weighted by atomic mass is 15.0. The first-order valence-electron chi connectivity index (χ1n) is 6.53. The molecule has 0 heterocycles. The van der Waals surface area contributed by atoms with Gasteiger partial charge in [0.25, 0.3) is 0 Å². The summed E-state index contributed by atoms with van der Waals surface area (Å²) < 4.78 is 0. The highest BCUT2D eigenvalue weighted by Crippen LogP contribution is 2.34. The first-order valence-corrected chi connectivity index (χ1v) is 6.53. The molecular weight excluding hydrogens is 208 g/mol. The number of hydrogen-bond donors (Lipinski definition) is 1. The van der Waals surface area contributed by atoms with Crippen molar-refractivity contribution in [2.24, 2.45) is 5.92 Å². The molecule has 1 saturated carbocycles. The van der Waals surface area contributed by atoms with Crippen molar-refractivity contribution in [3.63, 3.8) is 0 Å². The van der Waals surface area contributed by atoms with Gasteiger partial charge in [-0.25, -0.2) is 0 Å². The Kier molecular flexibility index (Phi) is 4.17. The fourth-order valence-electron chi connectivity index (χ4n) is 2.38. The summed E-state index contributed by atoms with van der Waals surface area (Å²) in [6.07, 6.45) is 3.88. The molecule has 2 nitrogen and oxygen atoms in total. The van der Waals surface area contributed by atoms with E-state index in [2.05, 4.69) is 18.3 Å². The van der Waals surface area contributed by atoms with Crippen LogP contribution in [0.2, 0.25) is 0 Å². The summed E-state index contributed by atoms with van der Waals surface area (Å²) >= 11 is 0. The van der Waals surface area contributed by atoms with Crippen molar-refractivity contribution in [3.05, 3.63) is 35.9 Å². The Balaban J connectivity index is 1.80. The van der Waals surface area contributed by atoms with Gasteiger partial charge >= 0.3 is 0 Å². The monoisotopic (exact) mass is 228 g/mol. The first kappa shape index (κ1) is 12.1. The lowest BCUT2D eigenvalue weighted by molar-refractivity contribution is 0.585. The van der Waals surface area contributed by atoms with Gasteiger partial charge in [0.05, 0.1) is 12.0 Å². The highest BCUT2D eigenvalue weighted by molar-refractivity contribution is 5.25. The third-order valence-electron chi connectivity index (χ3n) is 3.52. The molecule has 0 bridgehead atoms. The second-order valence-corrected chi connectivity index (χ2v) is 4.89. The molecule has 1 aliphatic carbocycles. The maximum Gasteiger partial charge on any atom is 0.0837 e. The van der Waals surface area contributed by atoms with E-state index in [-0.39, 0.29) is 5.92 Å². The van der Waals surface area contributed by atoms with E-state index in [9.17, 15) is 5.26 Å². The van der Waals surface area contributed by atoms with Crippen LogP contribution in [0.5, 0.6) is 0 Å². The summed E-state index contributed by atoms with van der Waals surface area (Å²) in [6, 6.07) is 13.1. The molecule has 1 aliphatic rings. The van der Waals surface area contributed by atoms with Crippen LogP contribution in [0.1, 0.15) is 37.7 Å². The van der Waals surface area contributed by atoms with Crippen LogP contribution in [-0.2, 0) is 0 Å². The molecule has 1 aromatic rings. The zero-order valence-corrected chi connectivity index (χ0v) is 10.4. The summed E-state index contributed by atoms with van der Waals surface area (Å²) in [5.74, 6) is 0.842. The van der Waals surface area contributed by atoms with Gasteiger partial charge in [0.2, 0.25) is 0 Å². The minimum atomic E-state index is -0.0147. The lowest BCUT2D eigenvalue weighted by Crippen LogP contribution is -2.24. The molecule has 0 aromatic heterocycles. The van der Waals surface area contributed by atoms with Gasteiger partial charge in [-0.2, -0.15) is 5.26 Å². The number of nitrogens with zero attached hydrogens (tertiary/aromatic N) is 1. The molecule has 0 amide bonds. The van der Waals surface area contributed by atoms with Crippen LogP contribution in [0.15, 0.2) is 30.3 Å². The van der Waals surface area contributed by atoms with Gasteiger partial charge in [-0.15, -0.1) is 0 Å². The van der Waals surface area contributed by atoms with Crippen molar-refractivity contribution >= 4 is 0 Å². The van der Waals surface area contributed by atoms with E-state index in [1.54, 1.807) is 0 Å². The summed E-state index contributed by atoms with van der Waals surface area (Å²) in [6.45, 7) is 3.02. The van der Waals surface area contributed by atoms with Crippen molar-refractivity contribution in [1.82, 2.24) is 5.32 Å². The first-order chi connectivity index (χ1) is 8.35. The molecule has 2 rings (SSSR count). The van der Waals surface area contributed by atoms with E-state index in [0.29, 0.717) is 6.04 Å². The Morgan fingerprint density at radius 1 is 1.41 bits per heavy atom. The van der Waals surface area contributed by atoms with E-state index in [1.807, 2.05) is 30.3 Å². The summed E-state index contributed by atoms with van der Waals surface area (Å²) in [7, 11) is 0. The number of hydrogen-bond acceptors (Lipinski definition) is 2. The van der Waals surface area contributed by atoms with Gasteiger partial charge in [-0.1, -0.05) is 43.7 Å². The number of nitriles is 1. The zero-order chi connectivity index (χ0) is 12.1. The highest BCUT2D eigenvalue weighted by Gasteiger charge is 2.35. The van der Waals surface area contributed by atoms with Crippen LogP contribution in [0.25, 0.3) is 0 Å². The van der Waals surface area contributed by atoms with Crippen LogP contribution in [-0.4, -0.2) is 12.6 Å².